The molecule has 1 aliphatic rings. The highest BCUT2D eigenvalue weighted by Crippen LogP contribution is 2.44. The molecular formula is C53H34N2. The van der Waals surface area contributed by atoms with Gasteiger partial charge in [-0.2, -0.15) is 0 Å². The minimum absolute atomic E-state index is 0.712. The fourth-order valence-electron chi connectivity index (χ4n) is 8.62. The van der Waals surface area contributed by atoms with E-state index in [9.17, 15) is 0 Å². The minimum atomic E-state index is 0.712. The van der Waals surface area contributed by atoms with Gasteiger partial charge in [0.25, 0.3) is 0 Å². The Kier molecular flexibility index (Phi) is 7.28. The first kappa shape index (κ1) is 31.4. The van der Waals surface area contributed by atoms with Crippen LogP contribution < -0.4 is 0 Å². The summed E-state index contributed by atoms with van der Waals surface area (Å²) in [6.07, 6.45) is 0.993. The predicted molar refractivity (Wildman–Crippen MR) is 230 cm³/mol. The van der Waals surface area contributed by atoms with Gasteiger partial charge in [-0.15, -0.1) is 0 Å². The summed E-state index contributed by atoms with van der Waals surface area (Å²) in [7, 11) is 0. The zero-order chi connectivity index (χ0) is 36.3. The quantitative estimate of drug-likeness (QED) is 0.167. The molecule has 0 radical (unpaired) electrons. The lowest BCUT2D eigenvalue weighted by Gasteiger charge is -2.16. The summed E-state index contributed by atoms with van der Waals surface area (Å²) < 4.78 is 0. The van der Waals surface area contributed by atoms with Gasteiger partial charge < -0.3 is 0 Å². The number of rotatable bonds is 5. The molecule has 1 aliphatic carbocycles. The Balaban J connectivity index is 1.10. The number of benzene rings is 9. The van der Waals surface area contributed by atoms with Crippen LogP contribution in [0.4, 0.5) is 0 Å². The van der Waals surface area contributed by atoms with Crippen molar-refractivity contribution >= 4 is 32.3 Å². The fourth-order valence-corrected chi connectivity index (χ4v) is 8.62. The lowest BCUT2D eigenvalue weighted by molar-refractivity contribution is 1.18. The van der Waals surface area contributed by atoms with Crippen LogP contribution in [0.1, 0.15) is 11.1 Å². The van der Waals surface area contributed by atoms with Crippen molar-refractivity contribution in [2.75, 3.05) is 0 Å². The number of aromatic nitrogens is 2. The van der Waals surface area contributed by atoms with Gasteiger partial charge in [-0.05, 0) is 101 Å². The van der Waals surface area contributed by atoms with E-state index in [1.54, 1.807) is 0 Å². The van der Waals surface area contributed by atoms with Gasteiger partial charge in [-0.1, -0.05) is 176 Å². The molecule has 2 heteroatoms. The molecule has 0 amide bonds. The molecule has 0 unspecified atom stereocenters. The smallest absolute Gasteiger partial charge is 0.160 e. The molecule has 0 spiro atoms. The van der Waals surface area contributed by atoms with Crippen molar-refractivity contribution in [3.05, 3.63) is 205 Å². The molecule has 0 saturated carbocycles. The second-order valence-electron chi connectivity index (χ2n) is 14.5. The summed E-state index contributed by atoms with van der Waals surface area (Å²) in [5.41, 5.74) is 15.3. The van der Waals surface area contributed by atoms with E-state index >= 15 is 0 Å². The van der Waals surface area contributed by atoms with Crippen LogP contribution in [0.15, 0.2) is 194 Å². The van der Waals surface area contributed by atoms with Crippen molar-refractivity contribution in [3.63, 3.8) is 0 Å². The summed E-state index contributed by atoms with van der Waals surface area (Å²) in [5.74, 6) is 0.712. The van der Waals surface area contributed by atoms with Crippen molar-refractivity contribution in [2.24, 2.45) is 0 Å². The number of hydrogen-bond acceptors (Lipinski definition) is 2. The molecule has 0 bridgehead atoms. The predicted octanol–water partition coefficient (Wildman–Crippen LogP) is 13.8. The molecule has 11 rings (SSSR count). The van der Waals surface area contributed by atoms with Crippen LogP contribution in [0, 0.1) is 0 Å². The van der Waals surface area contributed by atoms with Gasteiger partial charge in [0.2, 0.25) is 0 Å². The van der Waals surface area contributed by atoms with E-state index in [1.165, 1.54) is 76.8 Å². The number of hydrogen-bond donors (Lipinski definition) is 0. The molecule has 1 heterocycles. The van der Waals surface area contributed by atoms with E-state index in [0.717, 1.165) is 34.5 Å². The average molecular weight is 699 g/mol. The van der Waals surface area contributed by atoms with E-state index < -0.39 is 0 Å². The van der Waals surface area contributed by atoms with Crippen LogP contribution in [0.3, 0.4) is 0 Å². The average Bonchev–Trinajstić information content (AvgIpc) is 3.65. The van der Waals surface area contributed by atoms with Crippen molar-refractivity contribution in [1.82, 2.24) is 9.97 Å². The first-order chi connectivity index (χ1) is 27.2. The zero-order valence-electron chi connectivity index (χ0n) is 30.1. The first-order valence-electron chi connectivity index (χ1n) is 18.9. The third-order valence-corrected chi connectivity index (χ3v) is 11.3. The van der Waals surface area contributed by atoms with Crippen LogP contribution in [0.2, 0.25) is 0 Å². The number of nitrogens with zero attached hydrogens (tertiary/aromatic N) is 2. The lowest BCUT2D eigenvalue weighted by Crippen LogP contribution is -1.96. The van der Waals surface area contributed by atoms with Gasteiger partial charge in [0.1, 0.15) is 0 Å². The fraction of sp³-hybridized carbons (Fsp3) is 0.0189. The molecule has 0 N–H and O–H groups in total. The molecule has 256 valence electrons. The van der Waals surface area contributed by atoms with E-state index in [-0.39, 0.29) is 0 Å². The van der Waals surface area contributed by atoms with Crippen molar-refractivity contribution in [3.8, 4) is 67.3 Å². The Morgan fingerprint density at radius 3 is 1.64 bits per heavy atom. The van der Waals surface area contributed by atoms with Gasteiger partial charge in [0, 0.05) is 16.7 Å². The third kappa shape index (κ3) is 5.34. The number of fused-ring (bicyclic) bond motifs is 9. The van der Waals surface area contributed by atoms with Gasteiger partial charge in [-0.3, -0.25) is 0 Å². The Morgan fingerprint density at radius 1 is 0.291 bits per heavy atom. The molecule has 0 fully saturated rings. The highest BCUT2D eigenvalue weighted by atomic mass is 14.9. The molecule has 2 nitrogen and oxygen atoms in total. The Labute approximate surface area is 320 Å². The standard InChI is InChI=1S/C53H34N2/c1-3-12-34(13-4-1)35-22-24-36(25-23-35)50-33-51(55-53(54-50)37-14-5-2-6-15-37)41-28-29-47-49(32-41)45-19-10-9-18-44(45)46-21-11-20-43(52(46)47)40-27-26-39-30-38-16-7-8-17-42(38)48(39)31-40/h1-29,31-33H,30H2. The molecular weight excluding hydrogens is 665 g/mol. The van der Waals surface area contributed by atoms with Gasteiger partial charge >= 0.3 is 0 Å². The zero-order valence-corrected chi connectivity index (χ0v) is 30.1. The van der Waals surface area contributed by atoms with Crippen molar-refractivity contribution < 1.29 is 0 Å². The van der Waals surface area contributed by atoms with E-state index in [1.807, 2.05) is 18.2 Å². The maximum Gasteiger partial charge on any atom is 0.160 e. The highest BCUT2D eigenvalue weighted by Gasteiger charge is 2.20. The molecule has 9 aromatic carbocycles. The van der Waals surface area contributed by atoms with Gasteiger partial charge in [-0.25, -0.2) is 9.97 Å². The molecule has 1 aromatic heterocycles. The van der Waals surface area contributed by atoms with Crippen molar-refractivity contribution in [2.45, 2.75) is 6.42 Å². The lowest BCUT2D eigenvalue weighted by atomic mass is 9.88. The third-order valence-electron chi connectivity index (χ3n) is 11.3. The van der Waals surface area contributed by atoms with Crippen LogP contribution in [-0.4, -0.2) is 9.97 Å². The summed E-state index contributed by atoms with van der Waals surface area (Å²) in [4.78, 5) is 10.3. The van der Waals surface area contributed by atoms with Crippen LogP contribution in [0.25, 0.3) is 99.6 Å². The normalized spacial score (nSPS) is 11.9. The monoisotopic (exact) mass is 698 g/mol. The molecule has 0 saturated heterocycles. The Morgan fingerprint density at radius 2 is 0.836 bits per heavy atom. The summed E-state index contributed by atoms with van der Waals surface area (Å²) >= 11 is 0. The van der Waals surface area contributed by atoms with Crippen LogP contribution in [0.5, 0.6) is 0 Å². The van der Waals surface area contributed by atoms with Crippen LogP contribution >= 0.6 is 0 Å². The highest BCUT2D eigenvalue weighted by molar-refractivity contribution is 6.28. The summed E-state index contributed by atoms with van der Waals surface area (Å²) in [6, 6.07) is 70.0. The van der Waals surface area contributed by atoms with Crippen LogP contribution in [-0.2, 0) is 6.42 Å². The topological polar surface area (TPSA) is 25.8 Å². The van der Waals surface area contributed by atoms with E-state index in [4.69, 9.17) is 9.97 Å². The maximum absolute atomic E-state index is 5.22. The van der Waals surface area contributed by atoms with Crippen molar-refractivity contribution in [1.29, 1.82) is 0 Å². The van der Waals surface area contributed by atoms with E-state index in [0.29, 0.717) is 5.82 Å². The molecule has 0 aliphatic heterocycles. The maximum atomic E-state index is 5.22. The van der Waals surface area contributed by atoms with E-state index in [2.05, 4.69) is 176 Å². The second-order valence-corrected chi connectivity index (χ2v) is 14.5. The molecule has 10 aromatic rings. The Hall–Kier alpha value is -7.16. The summed E-state index contributed by atoms with van der Waals surface area (Å²) in [5, 5.41) is 7.49. The SMILES string of the molecule is c1ccc(-c2ccc(-c3cc(-c4ccc5c(c4)c4ccccc4c4cccc(-c6ccc7c(c6)-c6ccccc6C7)c45)nc(-c4ccccc4)n3)cc2)cc1. The largest absolute Gasteiger partial charge is 0.228 e. The van der Waals surface area contributed by atoms with Gasteiger partial charge in [0.15, 0.2) is 5.82 Å². The van der Waals surface area contributed by atoms with Gasteiger partial charge in [0.05, 0.1) is 11.4 Å². The second kappa shape index (κ2) is 12.8. The first-order valence-corrected chi connectivity index (χ1v) is 18.9. The molecule has 55 heavy (non-hydrogen) atoms. The summed E-state index contributed by atoms with van der Waals surface area (Å²) in [6.45, 7) is 0. The minimum Gasteiger partial charge on any atom is -0.228 e. The molecule has 0 atom stereocenters. The Bertz CT molecular complexity index is 3090.